The second-order valence-electron chi connectivity index (χ2n) is 5.79. The molecule has 108 valence electrons. The number of likely N-dealkylation sites (tertiary alicyclic amines) is 1. The van der Waals surface area contributed by atoms with Crippen LogP contribution in [0.3, 0.4) is 0 Å². The molecule has 2 aliphatic rings. The van der Waals surface area contributed by atoms with Gasteiger partial charge in [0.25, 0.3) is 5.88 Å². The van der Waals surface area contributed by atoms with E-state index in [4.69, 9.17) is 4.74 Å². The quantitative estimate of drug-likeness (QED) is 0.848. The average molecular weight is 276 g/mol. The number of hydrogen-bond donors (Lipinski definition) is 1. The zero-order valence-electron chi connectivity index (χ0n) is 11.7. The summed E-state index contributed by atoms with van der Waals surface area (Å²) in [4.78, 5) is 18.5. The van der Waals surface area contributed by atoms with Crippen LogP contribution >= 0.6 is 0 Å². The second kappa shape index (κ2) is 5.40. The number of ether oxygens (including phenoxy) is 1. The number of aromatic nitrogens is 1. The first-order chi connectivity index (χ1) is 9.67. The Morgan fingerprint density at radius 3 is 2.75 bits per heavy atom. The number of Topliss-reactive ketones (excluding diaryl/α,β-unsaturated/α-hetero) is 1. The van der Waals surface area contributed by atoms with E-state index in [1.165, 1.54) is 32.4 Å². The van der Waals surface area contributed by atoms with Crippen molar-refractivity contribution in [3.8, 4) is 11.6 Å². The van der Waals surface area contributed by atoms with Crippen molar-refractivity contribution in [2.75, 3.05) is 26.7 Å². The average Bonchev–Trinajstić information content (AvgIpc) is 3.00. The molecule has 0 bridgehead atoms. The zero-order valence-corrected chi connectivity index (χ0v) is 11.7. The fourth-order valence-corrected chi connectivity index (χ4v) is 3.48. The lowest BCUT2D eigenvalue weighted by molar-refractivity contribution is 0.0935. The predicted octanol–water partition coefficient (Wildman–Crippen LogP) is 1.71. The van der Waals surface area contributed by atoms with Gasteiger partial charge in [-0.25, -0.2) is 4.98 Å². The van der Waals surface area contributed by atoms with Gasteiger partial charge in [-0.3, -0.25) is 9.69 Å². The van der Waals surface area contributed by atoms with E-state index >= 15 is 0 Å². The van der Waals surface area contributed by atoms with Crippen molar-refractivity contribution in [2.24, 2.45) is 11.8 Å². The van der Waals surface area contributed by atoms with E-state index in [1.54, 1.807) is 6.07 Å². The summed E-state index contributed by atoms with van der Waals surface area (Å²) in [6, 6.07) is 3.01. The maximum absolute atomic E-state index is 12.3. The van der Waals surface area contributed by atoms with Gasteiger partial charge in [0.2, 0.25) is 0 Å². The number of pyridine rings is 1. The Kier molecular flexibility index (Phi) is 3.61. The first-order valence-electron chi connectivity index (χ1n) is 7.17. The van der Waals surface area contributed by atoms with Crippen LogP contribution in [0.15, 0.2) is 12.1 Å². The van der Waals surface area contributed by atoms with Gasteiger partial charge in [0, 0.05) is 13.1 Å². The highest BCUT2D eigenvalue weighted by molar-refractivity contribution is 5.96. The first-order valence-corrected chi connectivity index (χ1v) is 7.17. The lowest BCUT2D eigenvalue weighted by Crippen LogP contribution is -2.29. The molecule has 0 amide bonds. The third-order valence-corrected chi connectivity index (χ3v) is 4.49. The van der Waals surface area contributed by atoms with E-state index in [0.717, 1.165) is 24.9 Å². The van der Waals surface area contributed by atoms with Crippen LogP contribution in [0.4, 0.5) is 0 Å². The second-order valence-corrected chi connectivity index (χ2v) is 5.79. The third kappa shape index (κ3) is 2.50. The molecule has 1 saturated carbocycles. The molecular formula is C15H20N2O3. The molecule has 0 radical (unpaired) electrons. The van der Waals surface area contributed by atoms with Gasteiger partial charge in [-0.2, -0.15) is 0 Å². The van der Waals surface area contributed by atoms with Gasteiger partial charge in [-0.05, 0) is 36.8 Å². The maximum Gasteiger partial charge on any atom is 0.257 e. The standard InChI is InChI=1S/C15H20N2O3/c1-20-15-13(18)6-5-12(16-15)14(19)9-17-7-10-3-2-4-11(10)8-17/h5-6,10-11,18H,2-4,7-9H2,1H3/t10-,11?/m1/s1. The third-order valence-electron chi connectivity index (χ3n) is 4.49. The molecule has 1 N–H and O–H groups in total. The Balaban J connectivity index is 1.65. The van der Waals surface area contributed by atoms with Crippen LogP contribution in [0.25, 0.3) is 0 Å². The van der Waals surface area contributed by atoms with Crippen LogP contribution in [0.5, 0.6) is 11.6 Å². The summed E-state index contributed by atoms with van der Waals surface area (Å²) in [5.41, 5.74) is 0.358. The summed E-state index contributed by atoms with van der Waals surface area (Å²) in [5.74, 6) is 1.62. The Morgan fingerprint density at radius 1 is 1.40 bits per heavy atom. The van der Waals surface area contributed by atoms with Crippen molar-refractivity contribution in [1.82, 2.24) is 9.88 Å². The Bertz CT molecular complexity index is 506. The van der Waals surface area contributed by atoms with Gasteiger partial charge in [0.05, 0.1) is 13.7 Å². The van der Waals surface area contributed by atoms with E-state index < -0.39 is 0 Å². The molecule has 20 heavy (non-hydrogen) atoms. The Hall–Kier alpha value is -1.62. The highest BCUT2D eigenvalue weighted by Gasteiger charge is 2.36. The first kappa shape index (κ1) is 13.4. The topological polar surface area (TPSA) is 62.7 Å². The fourth-order valence-electron chi connectivity index (χ4n) is 3.48. The molecule has 1 aromatic rings. The van der Waals surface area contributed by atoms with Crippen molar-refractivity contribution in [3.63, 3.8) is 0 Å². The van der Waals surface area contributed by atoms with Crippen LogP contribution in [-0.2, 0) is 0 Å². The minimum absolute atomic E-state index is 0.0109. The van der Waals surface area contributed by atoms with E-state index in [9.17, 15) is 9.90 Å². The largest absolute Gasteiger partial charge is 0.503 e. The summed E-state index contributed by atoms with van der Waals surface area (Å²) in [6.07, 6.45) is 3.95. The van der Waals surface area contributed by atoms with Crippen molar-refractivity contribution in [1.29, 1.82) is 0 Å². The minimum atomic E-state index is -0.0419. The molecule has 0 aromatic carbocycles. The molecule has 0 spiro atoms. The van der Waals surface area contributed by atoms with E-state index in [1.807, 2.05) is 0 Å². The number of nitrogens with zero attached hydrogens (tertiary/aromatic N) is 2. The molecule has 1 unspecified atom stereocenters. The van der Waals surface area contributed by atoms with Crippen molar-refractivity contribution < 1.29 is 14.6 Å². The number of methoxy groups -OCH3 is 1. The van der Waals surface area contributed by atoms with Crippen molar-refractivity contribution in [3.05, 3.63) is 17.8 Å². The summed E-state index contributed by atoms with van der Waals surface area (Å²) >= 11 is 0. The molecule has 5 nitrogen and oxygen atoms in total. The van der Waals surface area contributed by atoms with Gasteiger partial charge < -0.3 is 9.84 Å². The maximum atomic E-state index is 12.3. The van der Waals surface area contributed by atoms with Crippen LogP contribution in [0.2, 0.25) is 0 Å². The van der Waals surface area contributed by atoms with Gasteiger partial charge >= 0.3 is 0 Å². The number of hydrogen-bond acceptors (Lipinski definition) is 5. The fraction of sp³-hybridized carbons (Fsp3) is 0.600. The molecule has 1 aliphatic heterocycles. The molecule has 2 heterocycles. The molecule has 1 aromatic heterocycles. The summed E-state index contributed by atoms with van der Waals surface area (Å²) in [6.45, 7) is 2.48. The van der Waals surface area contributed by atoms with Gasteiger partial charge in [0.15, 0.2) is 11.5 Å². The van der Waals surface area contributed by atoms with Crippen LogP contribution < -0.4 is 4.74 Å². The van der Waals surface area contributed by atoms with Crippen molar-refractivity contribution in [2.45, 2.75) is 19.3 Å². The molecule has 5 heteroatoms. The van der Waals surface area contributed by atoms with E-state index in [0.29, 0.717) is 12.2 Å². The van der Waals surface area contributed by atoms with Crippen LogP contribution in [0.1, 0.15) is 29.8 Å². The number of aromatic hydroxyl groups is 1. The number of carbonyl (C=O) groups is 1. The molecular weight excluding hydrogens is 256 g/mol. The lowest BCUT2D eigenvalue weighted by atomic mass is 10.0. The molecule has 1 aliphatic carbocycles. The number of carbonyl (C=O) groups excluding carboxylic acids is 1. The SMILES string of the molecule is COc1nc(C(=O)CN2CC3CCC[C@@H]3C2)ccc1O. The molecule has 1 saturated heterocycles. The monoisotopic (exact) mass is 276 g/mol. The van der Waals surface area contributed by atoms with Crippen LogP contribution in [0, 0.1) is 11.8 Å². The van der Waals surface area contributed by atoms with E-state index in [2.05, 4.69) is 9.88 Å². The van der Waals surface area contributed by atoms with Gasteiger partial charge in [-0.15, -0.1) is 0 Å². The van der Waals surface area contributed by atoms with Gasteiger partial charge in [-0.1, -0.05) is 6.42 Å². The summed E-state index contributed by atoms with van der Waals surface area (Å²) in [5, 5.41) is 9.50. The van der Waals surface area contributed by atoms with E-state index in [-0.39, 0.29) is 17.4 Å². The highest BCUT2D eigenvalue weighted by atomic mass is 16.5. The number of fused-ring (bicyclic) bond motifs is 1. The number of rotatable bonds is 4. The zero-order chi connectivity index (χ0) is 14.1. The summed E-state index contributed by atoms with van der Waals surface area (Å²) < 4.78 is 4.94. The van der Waals surface area contributed by atoms with Crippen molar-refractivity contribution >= 4 is 5.78 Å². The van der Waals surface area contributed by atoms with Gasteiger partial charge in [0.1, 0.15) is 5.69 Å². The molecule has 2 atom stereocenters. The Morgan fingerprint density at radius 2 is 2.10 bits per heavy atom. The Labute approximate surface area is 118 Å². The number of ketones is 1. The lowest BCUT2D eigenvalue weighted by Gasteiger charge is -2.15. The molecule has 3 rings (SSSR count). The van der Waals surface area contributed by atoms with Crippen LogP contribution in [-0.4, -0.2) is 47.5 Å². The molecule has 2 fully saturated rings. The summed E-state index contributed by atoms with van der Waals surface area (Å²) in [7, 11) is 1.43. The highest BCUT2D eigenvalue weighted by Crippen LogP contribution is 2.37. The minimum Gasteiger partial charge on any atom is -0.503 e. The normalized spacial score (nSPS) is 25.6. The smallest absolute Gasteiger partial charge is 0.257 e. The predicted molar refractivity (Wildman–Crippen MR) is 74.1 cm³/mol.